The molecule has 1 N–H and O–H groups in total. The Balaban J connectivity index is 2.11. The number of nitrogens with one attached hydrogen (secondary N) is 1. The van der Waals surface area contributed by atoms with Gasteiger partial charge in [-0.25, -0.2) is 5.43 Å². The first-order valence-corrected chi connectivity index (χ1v) is 7.87. The summed E-state index contributed by atoms with van der Waals surface area (Å²) in [5.41, 5.74) is 6.04. The van der Waals surface area contributed by atoms with Crippen molar-refractivity contribution in [2.45, 2.75) is 33.1 Å². The van der Waals surface area contributed by atoms with E-state index in [9.17, 15) is 4.79 Å². The van der Waals surface area contributed by atoms with Gasteiger partial charge in [-0.05, 0) is 35.6 Å². The summed E-state index contributed by atoms with van der Waals surface area (Å²) in [4.78, 5) is 12.1. The molecule has 3 nitrogen and oxygen atoms in total. The number of amides is 1. The smallest absolute Gasteiger partial charge is 0.267 e. The van der Waals surface area contributed by atoms with Gasteiger partial charge in [0.2, 0.25) is 0 Å². The molecule has 0 fully saturated rings. The van der Waals surface area contributed by atoms with Gasteiger partial charge in [-0.1, -0.05) is 68.8 Å². The van der Waals surface area contributed by atoms with Crippen molar-refractivity contribution in [1.29, 1.82) is 0 Å². The summed E-state index contributed by atoms with van der Waals surface area (Å²) in [5.74, 6) is -0.318. The van der Waals surface area contributed by atoms with E-state index in [-0.39, 0.29) is 11.3 Å². The molecule has 0 saturated heterocycles. The van der Waals surface area contributed by atoms with E-state index in [0.29, 0.717) is 10.6 Å². The van der Waals surface area contributed by atoms with E-state index in [1.54, 1.807) is 24.3 Å². The normalized spacial score (nSPS) is 12.1. The van der Waals surface area contributed by atoms with Crippen LogP contribution in [0.15, 0.2) is 53.6 Å². The van der Waals surface area contributed by atoms with Crippen LogP contribution in [0.4, 0.5) is 0 Å². The Labute approximate surface area is 142 Å². The first kappa shape index (κ1) is 17.2. The first-order valence-electron chi connectivity index (χ1n) is 7.49. The number of nitrogens with zero attached hydrogens (tertiary/aromatic N) is 1. The predicted octanol–water partition coefficient (Wildman–Crippen LogP) is 4.79. The lowest BCUT2D eigenvalue weighted by Gasteiger charge is -2.19. The quantitative estimate of drug-likeness (QED) is 0.638. The lowest BCUT2D eigenvalue weighted by atomic mass is 9.86. The number of rotatable bonds is 3. The molecule has 0 heterocycles. The van der Waals surface area contributed by atoms with Crippen molar-refractivity contribution in [2.75, 3.05) is 0 Å². The molecular formula is C19H21ClN2O. The molecule has 0 radical (unpaired) electrons. The van der Waals surface area contributed by atoms with Crippen molar-refractivity contribution < 1.29 is 4.79 Å². The van der Waals surface area contributed by atoms with Crippen LogP contribution in [-0.4, -0.2) is 11.6 Å². The van der Waals surface area contributed by atoms with Crippen LogP contribution in [0.2, 0.25) is 5.02 Å². The molecule has 0 saturated carbocycles. The highest BCUT2D eigenvalue weighted by Crippen LogP contribution is 2.22. The molecule has 0 unspecified atom stereocenters. The summed E-state index contributed by atoms with van der Waals surface area (Å²) >= 11 is 6.00. The fourth-order valence-corrected chi connectivity index (χ4v) is 2.34. The van der Waals surface area contributed by atoms with Crippen LogP contribution in [0, 0.1) is 0 Å². The molecule has 0 aliphatic heterocycles. The van der Waals surface area contributed by atoms with E-state index in [1.807, 2.05) is 19.1 Å². The summed E-state index contributed by atoms with van der Waals surface area (Å²) in [6.07, 6.45) is 0. The van der Waals surface area contributed by atoms with E-state index < -0.39 is 0 Å². The zero-order chi connectivity index (χ0) is 17.0. The van der Waals surface area contributed by atoms with Gasteiger partial charge in [0.15, 0.2) is 0 Å². The van der Waals surface area contributed by atoms with E-state index in [1.165, 1.54) is 5.56 Å². The van der Waals surface area contributed by atoms with Gasteiger partial charge >= 0.3 is 0 Å². The second-order valence-electron chi connectivity index (χ2n) is 6.45. The maximum absolute atomic E-state index is 12.1. The van der Waals surface area contributed by atoms with Gasteiger partial charge in [-0.3, -0.25) is 4.79 Å². The van der Waals surface area contributed by atoms with Crippen molar-refractivity contribution in [3.05, 3.63) is 70.2 Å². The van der Waals surface area contributed by atoms with Crippen LogP contribution in [0.1, 0.15) is 49.2 Å². The fraction of sp³-hybridized carbons (Fsp3) is 0.263. The van der Waals surface area contributed by atoms with Crippen LogP contribution in [0.3, 0.4) is 0 Å². The van der Waals surface area contributed by atoms with E-state index in [0.717, 1.165) is 11.3 Å². The summed E-state index contributed by atoms with van der Waals surface area (Å²) in [6, 6.07) is 15.1. The zero-order valence-electron chi connectivity index (χ0n) is 13.9. The van der Waals surface area contributed by atoms with E-state index in [4.69, 9.17) is 11.6 Å². The summed E-state index contributed by atoms with van der Waals surface area (Å²) < 4.78 is 0. The molecular weight excluding hydrogens is 308 g/mol. The third-order valence-electron chi connectivity index (χ3n) is 3.61. The lowest BCUT2D eigenvalue weighted by molar-refractivity contribution is 0.0955. The third kappa shape index (κ3) is 4.42. The Morgan fingerprint density at radius 2 is 1.65 bits per heavy atom. The predicted molar refractivity (Wildman–Crippen MR) is 96.3 cm³/mol. The number of carbonyl (C=O) groups is 1. The summed E-state index contributed by atoms with van der Waals surface area (Å²) in [6.45, 7) is 8.38. The molecule has 0 aromatic heterocycles. The number of benzene rings is 2. The Kier molecular flexibility index (Phi) is 5.22. The van der Waals surface area contributed by atoms with Crippen LogP contribution in [0.25, 0.3) is 0 Å². The minimum absolute atomic E-state index is 0.113. The summed E-state index contributed by atoms with van der Waals surface area (Å²) in [5, 5.41) is 4.57. The number of carbonyl (C=O) groups excluding carboxylic acids is 1. The minimum atomic E-state index is -0.318. The molecule has 0 aliphatic carbocycles. The largest absolute Gasteiger partial charge is 0.272 e. The maximum Gasteiger partial charge on any atom is 0.272 e. The number of hydrogen-bond donors (Lipinski definition) is 1. The molecule has 2 aromatic carbocycles. The Morgan fingerprint density at radius 1 is 1.04 bits per heavy atom. The van der Waals surface area contributed by atoms with Crippen molar-refractivity contribution in [1.82, 2.24) is 5.43 Å². The van der Waals surface area contributed by atoms with Crippen LogP contribution < -0.4 is 5.43 Å². The van der Waals surface area contributed by atoms with Crippen molar-refractivity contribution in [2.24, 2.45) is 5.10 Å². The van der Waals surface area contributed by atoms with Crippen LogP contribution in [0.5, 0.6) is 0 Å². The standard InChI is InChI=1S/C19H21ClN2O/c1-13(14-9-11-15(12-10-14)19(2,3)4)21-22-18(23)16-7-5-6-8-17(16)20/h5-12H,1-4H3,(H,22,23)/b21-13-. The molecule has 0 aliphatic rings. The third-order valence-corrected chi connectivity index (χ3v) is 3.94. The van der Waals surface area contributed by atoms with Crippen molar-refractivity contribution >= 4 is 23.2 Å². The zero-order valence-corrected chi connectivity index (χ0v) is 14.6. The maximum atomic E-state index is 12.1. The molecule has 0 spiro atoms. The van der Waals surface area contributed by atoms with Gasteiger partial charge in [-0.2, -0.15) is 5.10 Å². The van der Waals surface area contributed by atoms with Gasteiger partial charge in [0.1, 0.15) is 0 Å². The second-order valence-corrected chi connectivity index (χ2v) is 6.85. The molecule has 2 aromatic rings. The monoisotopic (exact) mass is 328 g/mol. The van der Waals surface area contributed by atoms with Crippen LogP contribution in [-0.2, 0) is 5.41 Å². The average Bonchev–Trinajstić information content (AvgIpc) is 2.52. The number of halogens is 1. The van der Waals surface area contributed by atoms with Gasteiger partial charge < -0.3 is 0 Å². The highest BCUT2D eigenvalue weighted by atomic mass is 35.5. The Hall–Kier alpha value is -2.13. The topological polar surface area (TPSA) is 41.5 Å². The molecule has 2 rings (SSSR count). The molecule has 0 bridgehead atoms. The SMILES string of the molecule is C/C(=N/NC(=O)c1ccccc1Cl)c1ccc(C(C)(C)C)cc1. The van der Waals surface area contributed by atoms with E-state index in [2.05, 4.69) is 43.4 Å². The van der Waals surface area contributed by atoms with Gasteiger partial charge in [0.25, 0.3) is 5.91 Å². The average molecular weight is 329 g/mol. The molecule has 23 heavy (non-hydrogen) atoms. The second kappa shape index (κ2) is 6.97. The summed E-state index contributed by atoms with van der Waals surface area (Å²) in [7, 11) is 0. The highest BCUT2D eigenvalue weighted by Gasteiger charge is 2.13. The van der Waals surface area contributed by atoms with Gasteiger partial charge in [-0.15, -0.1) is 0 Å². The highest BCUT2D eigenvalue weighted by molar-refractivity contribution is 6.33. The Morgan fingerprint density at radius 3 is 2.22 bits per heavy atom. The van der Waals surface area contributed by atoms with Crippen molar-refractivity contribution in [3.8, 4) is 0 Å². The molecule has 1 amide bonds. The van der Waals surface area contributed by atoms with Crippen LogP contribution >= 0.6 is 11.6 Å². The van der Waals surface area contributed by atoms with Crippen molar-refractivity contribution in [3.63, 3.8) is 0 Å². The fourth-order valence-electron chi connectivity index (χ4n) is 2.12. The lowest BCUT2D eigenvalue weighted by Crippen LogP contribution is -2.19. The van der Waals surface area contributed by atoms with Gasteiger partial charge in [0, 0.05) is 0 Å². The number of hydrogen-bond acceptors (Lipinski definition) is 2. The molecule has 4 heteroatoms. The minimum Gasteiger partial charge on any atom is -0.267 e. The Bertz CT molecular complexity index is 728. The molecule has 0 atom stereocenters. The van der Waals surface area contributed by atoms with E-state index >= 15 is 0 Å². The molecule has 120 valence electrons. The number of hydrazone groups is 1. The first-order chi connectivity index (χ1) is 10.8. The van der Waals surface area contributed by atoms with Gasteiger partial charge in [0.05, 0.1) is 16.3 Å².